The van der Waals surface area contributed by atoms with Gasteiger partial charge >= 0.3 is 0 Å². The molecule has 6 nitrogen and oxygen atoms in total. The van der Waals surface area contributed by atoms with Crippen molar-refractivity contribution >= 4 is 5.91 Å². The van der Waals surface area contributed by atoms with E-state index >= 15 is 0 Å². The molecule has 1 saturated carbocycles. The topological polar surface area (TPSA) is 90.9 Å². The predicted molar refractivity (Wildman–Crippen MR) is 70.8 cm³/mol. The highest BCUT2D eigenvalue weighted by Gasteiger charge is 2.27. The summed E-state index contributed by atoms with van der Waals surface area (Å²) in [5, 5.41) is 19.4. The summed E-state index contributed by atoms with van der Waals surface area (Å²) < 4.78 is 0. The Bertz CT molecular complexity index is 450. The number of rotatable bonds is 2. The van der Waals surface area contributed by atoms with Crippen LogP contribution in [0.2, 0.25) is 0 Å². The summed E-state index contributed by atoms with van der Waals surface area (Å²) in [7, 11) is 0. The lowest BCUT2D eigenvalue weighted by Gasteiger charge is -2.27. The fourth-order valence-electron chi connectivity index (χ4n) is 2.21. The Hall–Kier alpha value is -1.43. The molecule has 0 radical (unpaired) electrons. The van der Waals surface area contributed by atoms with Gasteiger partial charge in [-0.25, -0.2) is 4.98 Å². The molecule has 2 rings (SSSR count). The molecule has 2 unspecified atom stereocenters. The first-order valence-electron chi connectivity index (χ1n) is 6.80. The number of amides is 1. The van der Waals surface area contributed by atoms with Crippen LogP contribution in [0.4, 0.5) is 0 Å². The molecule has 106 valence electrons. The summed E-state index contributed by atoms with van der Waals surface area (Å²) in [6.07, 6.45) is 3.14. The van der Waals surface area contributed by atoms with Crippen molar-refractivity contribution in [1.82, 2.24) is 20.5 Å². The molecule has 1 aromatic rings. The van der Waals surface area contributed by atoms with Crippen molar-refractivity contribution in [2.24, 2.45) is 0 Å². The average molecular weight is 266 g/mol. The van der Waals surface area contributed by atoms with Gasteiger partial charge in [-0.3, -0.25) is 9.89 Å². The van der Waals surface area contributed by atoms with Crippen molar-refractivity contribution in [1.29, 1.82) is 0 Å². The van der Waals surface area contributed by atoms with Crippen molar-refractivity contribution in [3.05, 3.63) is 11.6 Å². The second kappa shape index (κ2) is 5.28. The van der Waals surface area contributed by atoms with Gasteiger partial charge in [0.15, 0.2) is 0 Å². The third-order valence-corrected chi connectivity index (χ3v) is 3.44. The van der Waals surface area contributed by atoms with Gasteiger partial charge < -0.3 is 10.4 Å². The number of aliphatic hydroxyl groups is 1. The molecule has 1 heterocycles. The van der Waals surface area contributed by atoms with Gasteiger partial charge in [0.2, 0.25) is 5.82 Å². The van der Waals surface area contributed by atoms with E-state index in [1.54, 1.807) is 0 Å². The Balaban J connectivity index is 2.01. The van der Waals surface area contributed by atoms with Crippen LogP contribution >= 0.6 is 0 Å². The number of aliphatic hydroxyl groups excluding tert-OH is 1. The zero-order valence-corrected chi connectivity index (χ0v) is 11.7. The third-order valence-electron chi connectivity index (χ3n) is 3.44. The fourth-order valence-corrected chi connectivity index (χ4v) is 2.21. The molecule has 0 bridgehead atoms. The molecule has 1 fully saturated rings. The van der Waals surface area contributed by atoms with Crippen molar-refractivity contribution in [3.8, 4) is 0 Å². The summed E-state index contributed by atoms with van der Waals surface area (Å²) in [5.41, 5.74) is -0.171. The lowest BCUT2D eigenvalue weighted by Crippen LogP contribution is -2.45. The van der Waals surface area contributed by atoms with E-state index < -0.39 is 6.10 Å². The third kappa shape index (κ3) is 3.32. The summed E-state index contributed by atoms with van der Waals surface area (Å²) in [6.45, 7) is 6.00. The first-order chi connectivity index (χ1) is 8.88. The van der Waals surface area contributed by atoms with Crippen molar-refractivity contribution in [3.63, 3.8) is 0 Å². The number of aromatic nitrogens is 3. The van der Waals surface area contributed by atoms with Gasteiger partial charge in [0, 0.05) is 5.41 Å². The zero-order chi connectivity index (χ0) is 14.0. The van der Waals surface area contributed by atoms with E-state index in [4.69, 9.17) is 0 Å². The van der Waals surface area contributed by atoms with Crippen LogP contribution in [0, 0.1) is 0 Å². The monoisotopic (exact) mass is 266 g/mol. The second-order valence-electron chi connectivity index (χ2n) is 6.19. The van der Waals surface area contributed by atoms with Crippen LogP contribution in [0.3, 0.4) is 0 Å². The Morgan fingerprint density at radius 3 is 2.63 bits per heavy atom. The van der Waals surface area contributed by atoms with E-state index in [0.29, 0.717) is 5.82 Å². The number of H-pyrrole nitrogens is 1. The molecule has 6 heteroatoms. The maximum atomic E-state index is 12.0. The van der Waals surface area contributed by atoms with Crippen LogP contribution in [0.15, 0.2) is 0 Å². The molecule has 1 aliphatic carbocycles. The first-order valence-corrected chi connectivity index (χ1v) is 6.80. The molecular formula is C13H22N4O2. The fraction of sp³-hybridized carbons (Fsp3) is 0.769. The van der Waals surface area contributed by atoms with Gasteiger partial charge in [-0.05, 0) is 12.8 Å². The van der Waals surface area contributed by atoms with Crippen molar-refractivity contribution in [2.45, 2.75) is 64.0 Å². The van der Waals surface area contributed by atoms with Crippen molar-refractivity contribution in [2.75, 3.05) is 0 Å². The van der Waals surface area contributed by atoms with Crippen LogP contribution < -0.4 is 5.32 Å². The molecule has 1 aliphatic rings. The maximum Gasteiger partial charge on any atom is 0.291 e. The highest BCUT2D eigenvalue weighted by atomic mass is 16.3. The lowest BCUT2D eigenvalue weighted by atomic mass is 9.92. The molecule has 0 saturated heterocycles. The minimum atomic E-state index is -0.460. The van der Waals surface area contributed by atoms with E-state index in [9.17, 15) is 9.90 Å². The van der Waals surface area contributed by atoms with Crippen LogP contribution in [0.5, 0.6) is 0 Å². The average Bonchev–Trinajstić information content (AvgIpc) is 2.81. The predicted octanol–water partition coefficient (Wildman–Crippen LogP) is 1.14. The Morgan fingerprint density at radius 2 is 2.05 bits per heavy atom. The normalized spacial score (nSPS) is 24.2. The quantitative estimate of drug-likeness (QED) is 0.748. The van der Waals surface area contributed by atoms with Gasteiger partial charge in [0.1, 0.15) is 5.82 Å². The first kappa shape index (κ1) is 14.0. The summed E-state index contributed by atoms with van der Waals surface area (Å²) >= 11 is 0. The lowest BCUT2D eigenvalue weighted by molar-refractivity contribution is 0.0710. The Morgan fingerprint density at radius 1 is 1.37 bits per heavy atom. The standard InChI is InChI=1S/C13H22N4O2/c1-13(2,3)12-15-10(16-17-12)11(19)14-8-6-4-5-7-9(8)18/h8-9,18H,4-7H2,1-3H3,(H,14,19)(H,15,16,17). The number of nitrogens with one attached hydrogen (secondary N) is 2. The van der Waals surface area contributed by atoms with Gasteiger partial charge in [-0.2, -0.15) is 0 Å². The van der Waals surface area contributed by atoms with Crippen LogP contribution in [0.1, 0.15) is 62.9 Å². The molecule has 19 heavy (non-hydrogen) atoms. The number of hydrogen-bond acceptors (Lipinski definition) is 4. The number of nitrogens with zero attached hydrogens (tertiary/aromatic N) is 2. The van der Waals surface area contributed by atoms with E-state index in [-0.39, 0.29) is 23.2 Å². The van der Waals surface area contributed by atoms with E-state index in [1.165, 1.54) is 0 Å². The van der Waals surface area contributed by atoms with E-state index in [1.807, 2.05) is 20.8 Å². The molecule has 1 aromatic heterocycles. The van der Waals surface area contributed by atoms with Gasteiger partial charge in [0.05, 0.1) is 12.1 Å². The highest BCUT2D eigenvalue weighted by Crippen LogP contribution is 2.19. The zero-order valence-electron chi connectivity index (χ0n) is 11.7. The van der Waals surface area contributed by atoms with E-state index in [2.05, 4.69) is 20.5 Å². The molecule has 0 spiro atoms. The smallest absolute Gasteiger partial charge is 0.291 e. The van der Waals surface area contributed by atoms with Crippen LogP contribution in [-0.4, -0.2) is 38.3 Å². The largest absolute Gasteiger partial charge is 0.391 e. The number of carbonyl (C=O) groups excluding carboxylic acids is 1. The summed E-state index contributed by atoms with van der Waals surface area (Å²) in [4.78, 5) is 16.2. The Labute approximate surface area is 113 Å². The second-order valence-corrected chi connectivity index (χ2v) is 6.19. The van der Waals surface area contributed by atoms with Gasteiger partial charge in [0.25, 0.3) is 5.91 Å². The Kier molecular flexibility index (Phi) is 3.89. The number of carbonyl (C=O) groups is 1. The summed E-state index contributed by atoms with van der Waals surface area (Å²) in [6, 6.07) is -0.183. The molecule has 0 aromatic carbocycles. The van der Waals surface area contributed by atoms with Crippen LogP contribution in [0.25, 0.3) is 0 Å². The molecule has 3 N–H and O–H groups in total. The minimum Gasteiger partial charge on any atom is -0.391 e. The molecule has 0 aliphatic heterocycles. The van der Waals surface area contributed by atoms with Gasteiger partial charge in [-0.15, -0.1) is 5.10 Å². The van der Waals surface area contributed by atoms with Crippen molar-refractivity contribution < 1.29 is 9.90 Å². The highest BCUT2D eigenvalue weighted by molar-refractivity contribution is 5.90. The molecule has 1 amide bonds. The number of hydrogen-bond donors (Lipinski definition) is 3. The molecular weight excluding hydrogens is 244 g/mol. The SMILES string of the molecule is CC(C)(C)c1nc(C(=O)NC2CCCCC2O)n[nH]1. The maximum absolute atomic E-state index is 12.0. The molecule has 2 atom stereocenters. The van der Waals surface area contributed by atoms with Gasteiger partial charge in [-0.1, -0.05) is 33.6 Å². The minimum absolute atomic E-state index is 0.141. The summed E-state index contributed by atoms with van der Waals surface area (Å²) in [5.74, 6) is 0.502. The number of aromatic amines is 1. The van der Waals surface area contributed by atoms with Crippen LogP contribution in [-0.2, 0) is 5.41 Å². The van der Waals surface area contributed by atoms with E-state index in [0.717, 1.165) is 25.7 Å².